The van der Waals surface area contributed by atoms with Gasteiger partial charge >= 0.3 is 0 Å². The summed E-state index contributed by atoms with van der Waals surface area (Å²) in [4.78, 5) is 14.7. The largest absolute Gasteiger partial charge is 0.343 e. The zero-order chi connectivity index (χ0) is 16.6. The summed E-state index contributed by atoms with van der Waals surface area (Å²) in [6.07, 6.45) is 0. The molecule has 23 heavy (non-hydrogen) atoms. The molecule has 0 N–H and O–H groups in total. The lowest BCUT2D eigenvalue weighted by molar-refractivity contribution is 0.0821. The van der Waals surface area contributed by atoms with Crippen LogP contribution in [0.3, 0.4) is 0 Å². The fraction of sp³-hybridized carbons (Fsp3) is 0.125. The molecule has 1 amide bonds. The SMILES string of the molecule is CN(C)C(=O)c1cc(-c2cccs2)n(-c2cc(Cl)cc(Cl)c2)n1. The van der Waals surface area contributed by atoms with Crippen LogP contribution in [-0.2, 0) is 0 Å². The molecule has 0 aliphatic carbocycles. The Hall–Kier alpha value is -1.82. The minimum atomic E-state index is -0.158. The minimum absolute atomic E-state index is 0.158. The van der Waals surface area contributed by atoms with Gasteiger partial charge in [0.2, 0.25) is 0 Å². The zero-order valence-corrected chi connectivity index (χ0v) is 14.8. The number of amides is 1. The third-order valence-corrected chi connectivity index (χ3v) is 4.53. The average molecular weight is 366 g/mol. The van der Waals surface area contributed by atoms with E-state index in [0.29, 0.717) is 21.4 Å². The van der Waals surface area contributed by atoms with Gasteiger partial charge in [0.1, 0.15) is 0 Å². The van der Waals surface area contributed by atoms with Gasteiger partial charge < -0.3 is 4.90 Å². The normalized spacial score (nSPS) is 10.8. The molecule has 0 aliphatic rings. The van der Waals surface area contributed by atoms with Gasteiger partial charge in [-0.1, -0.05) is 29.3 Å². The lowest BCUT2D eigenvalue weighted by Crippen LogP contribution is -2.22. The van der Waals surface area contributed by atoms with Gasteiger partial charge in [0.05, 0.1) is 16.3 Å². The van der Waals surface area contributed by atoms with E-state index in [9.17, 15) is 4.79 Å². The van der Waals surface area contributed by atoms with E-state index in [1.54, 1.807) is 54.4 Å². The van der Waals surface area contributed by atoms with Crippen molar-refractivity contribution in [2.24, 2.45) is 0 Å². The Balaban J connectivity index is 2.20. The second-order valence-corrected chi connectivity index (χ2v) is 6.95. The number of nitrogens with zero attached hydrogens (tertiary/aromatic N) is 3. The number of hydrogen-bond donors (Lipinski definition) is 0. The first-order valence-corrected chi connectivity index (χ1v) is 8.41. The van der Waals surface area contributed by atoms with Crippen LogP contribution >= 0.6 is 34.5 Å². The number of carbonyl (C=O) groups excluding carboxylic acids is 1. The number of hydrogen-bond acceptors (Lipinski definition) is 3. The Morgan fingerprint density at radius 3 is 2.43 bits per heavy atom. The molecule has 7 heteroatoms. The van der Waals surface area contributed by atoms with E-state index in [-0.39, 0.29) is 5.91 Å². The molecule has 0 saturated heterocycles. The minimum Gasteiger partial charge on any atom is -0.343 e. The maximum absolute atomic E-state index is 12.2. The monoisotopic (exact) mass is 365 g/mol. The van der Waals surface area contributed by atoms with Gasteiger partial charge in [0.15, 0.2) is 5.69 Å². The third-order valence-electron chi connectivity index (χ3n) is 3.20. The summed E-state index contributed by atoms with van der Waals surface area (Å²) < 4.78 is 1.69. The first kappa shape index (κ1) is 16.1. The number of rotatable bonds is 3. The van der Waals surface area contributed by atoms with E-state index >= 15 is 0 Å². The predicted octanol–water partition coefficient (Wildman–Crippen LogP) is 4.61. The lowest BCUT2D eigenvalue weighted by atomic mass is 10.2. The first-order chi connectivity index (χ1) is 11.0. The number of thiophene rings is 1. The molecule has 0 spiro atoms. The van der Waals surface area contributed by atoms with Crippen molar-refractivity contribution in [3.8, 4) is 16.3 Å². The van der Waals surface area contributed by atoms with Crippen molar-refractivity contribution >= 4 is 40.4 Å². The molecule has 0 radical (unpaired) electrons. The van der Waals surface area contributed by atoms with Gasteiger partial charge in [0.25, 0.3) is 5.91 Å². The number of halogens is 2. The predicted molar refractivity (Wildman–Crippen MR) is 94.9 cm³/mol. The second-order valence-electron chi connectivity index (χ2n) is 5.13. The van der Waals surface area contributed by atoms with E-state index in [0.717, 1.165) is 10.6 Å². The van der Waals surface area contributed by atoms with Crippen LogP contribution in [0.15, 0.2) is 41.8 Å². The Morgan fingerprint density at radius 2 is 1.87 bits per heavy atom. The maximum Gasteiger partial charge on any atom is 0.273 e. The molecular formula is C16H13Cl2N3OS. The molecule has 0 unspecified atom stereocenters. The van der Waals surface area contributed by atoms with Crippen LogP contribution in [0, 0.1) is 0 Å². The Kier molecular flexibility index (Phi) is 4.43. The molecule has 3 aromatic rings. The molecular weight excluding hydrogens is 353 g/mol. The summed E-state index contributed by atoms with van der Waals surface area (Å²) in [5, 5.41) is 7.46. The smallest absolute Gasteiger partial charge is 0.273 e. The van der Waals surface area contributed by atoms with Gasteiger partial charge in [-0.3, -0.25) is 4.79 Å². The highest BCUT2D eigenvalue weighted by Crippen LogP contribution is 2.30. The van der Waals surface area contributed by atoms with Crippen LogP contribution in [-0.4, -0.2) is 34.7 Å². The number of carbonyl (C=O) groups is 1. The fourth-order valence-electron chi connectivity index (χ4n) is 2.17. The zero-order valence-electron chi connectivity index (χ0n) is 12.5. The molecule has 0 bridgehead atoms. The maximum atomic E-state index is 12.2. The van der Waals surface area contributed by atoms with Gasteiger partial charge in [-0.2, -0.15) is 5.10 Å². The van der Waals surface area contributed by atoms with Gasteiger partial charge in [-0.25, -0.2) is 4.68 Å². The molecule has 118 valence electrons. The van der Waals surface area contributed by atoms with Crippen molar-refractivity contribution in [1.82, 2.24) is 14.7 Å². The molecule has 1 aromatic carbocycles. The highest BCUT2D eigenvalue weighted by Gasteiger charge is 2.19. The van der Waals surface area contributed by atoms with E-state index in [2.05, 4.69) is 5.10 Å². The molecule has 2 aromatic heterocycles. The van der Waals surface area contributed by atoms with E-state index in [4.69, 9.17) is 23.2 Å². The lowest BCUT2D eigenvalue weighted by Gasteiger charge is -2.08. The number of benzene rings is 1. The van der Waals surface area contributed by atoms with Gasteiger partial charge in [-0.15, -0.1) is 11.3 Å². The summed E-state index contributed by atoms with van der Waals surface area (Å²) in [5.41, 5.74) is 1.90. The Bertz CT molecular complexity index is 836. The number of aromatic nitrogens is 2. The van der Waals surface area contributed by atoms with Crippen molar-refractivity contribution in [1.29, 1.82) is 0 Å². The second kappa shape index (κ2) is 6.35. The standard InChI is InChI=1S/C16H13Cl2N3OS/c1-20(2)16(22)13-9-14(15-4-3-5-23-15)21(19-13)12-7-10(17)6-11(18)8-12/h3-9H,1-2H3. The van der Waals surface area contributed by atoms with Crippen LogP contribution in [0.1, 0.15) is 10.5 Å². The molecule has 0 aliphatic heterocycles. The average Bonchev–Trinajstić information content (AvgIpc) is 3.14. The Labute approximate surface area is 147 Å². The van der Waals surface area contributed by atoms with Crippen LogP contribution in [0.2, 0.25) is 10.0 Å². The molecule has 0 atom stereocenters. The van der Waals surface area contributed by atoms with E-state index in [1.807, 2.05) is 17.5 Å². The van der Waals surface area contributed by atoms with E-state index in [1.165, 1.54) is 4.90 Å². The fourth-order valence-corrected chi connectivity index (χ4v) is 3.41. The summed E-state index contributed by atoms with van der Waals surface area (Å²) in [5.74, 6) is -0.158. The van der Waals surface area contributed by atoms with Crippen LogP contribution in [0.5, 0.6) is 0 Å². The van der Waals surface area contributed by atoms with Crippen molar-refractivity contribution in [2.45, 2.75) is 0 Å². The molecule has 3 rings (SSSR count). The summed E-state index contributed by atoms with van der Waals surface area (Å²) in [7, 11) is 3.39. The van der Waals surface area contributed by atoms with Crippen molar-refractivity contribution in [2.75, 3.05) is 14.1 Å². The summed E-state index contributed by atoms with van der Waals surface area (Å²) >= 11 is 13.8. The first-order valence-electron chi connectivity index (χ1n) is 6.78. The van der Waals surface area contributed by atoms with Gasteiger partial charge in [0, 0.05) is 24.1 Å². The molecule has 0 fully saturated rings. The van der Waals surface area contributed by atoms with Crippen LogP contribution in [0.4, 0.5) is 0 Å². The molecule has 0 saturated carbocycles. The highest BCUT2D eigenvalue weighted by molar-refractivity contribution is 7.13. The highest BCUT2D eigenvalue weighted by atomic mass is 35.5. The quantitative estimate of drug-likeness (QED) is 0.679. The van der Waals surface area contributed by atoms with Crippen LogP contribution in [0.25, 0.3) is 16.3 Å². The van der Waals surface area contributed by atoms with Gasteiger partial charge in [-0.05, 0) is 35.7 Å². The van der Waals surface area contributed by atoms with Crippen molar-refractivity contribution < 1.29 is 4.79 Å². The van der Waals surface area contributed by atoms with Crippen molar-refractivity contribution in [3.05, 3.63) is 57.5 Å². The third kappa shape index (κ3) is 3.27. The van der Waals surface area contributed by atoms with Crippen LogP contribution < -0.4 is 0 Å². The molecule has 4 nitrogen and oxygen atoms in total. The van der Waals surface area contributed by atoms with Crippen molar-refractivity contribution in [3.63, 3.8) is 0 Å². The molecule has 2 heterocycles. The Morgan fingerprint density at radius 1 is 1.17 bits per heavy atom. The summed E-state index contributed by atoms with van der Waals surface area (Å²) in [6, 6.07) is 10.9. The van der Waals surface area contributed by atoms with E-state index < -0.39 is 0 Å². The summed E-state index contributed by atoms with van der Waals surface area (Å²) in [6.45, 7) is 0. The topological polar surface area (TPSA) is 38.1 Å².